The van der Waals surface area contributed by atoms with Gasteiger partial charge in [0.2, 0.25) is 0 Å². The zero-order chi connectivity index (χ0) is 21.5. The zero-order valence-corrected chi connectivity index (χ0v) is 15.1. The minimum atomic E-state index is -2.02. The van der Waals surface area contributed by atoms with Crippen molar-refractivity contribution in [1.29, 1.82) is 0 Å². The first-order chi connectivity index (χ1) is 13.3. The molecule has 0 radical (unpaired) electrons. The molecule has 0 heterocycles. The topological polar surface area (TPSA) is 145 Å². The maximum absolute atomic E-state index is 11.8. The fourth-order valence-electron chi connectivity index (χ4n) is 2.23. The van der Waals surface area contributed by atoms with Gasteiger partial charge in [0.05, 0.1) is 0 Å². The van der Waals surface area contributed by atoms with Gasteiger partial charge in [-0.2, -0.15) is 0 Å². The van der Waals surface area contributed by atoms with Crippen molar-refractivity contribution in [3.8, 4) is 0 Å². The number of aliphatic hydroxyl groups excluding tert-OH is 5. The van der Waals surface area contributed by atoms with Crippen LogP contribution >= 0.6 is 0 Å². The highest BCUT2D eigenvalue weighted by atomic mass is 16.5. The van der Waals surface area contributed by atoms with Crippen LogP contribution in [0.2, 0.25) is 0 Å². The van der Waals surface area contributed by atoms with E-state index in [0.29, 0.717) is 38.5 Å². The predicted octanol–water partition coefficient (Wildman–Crippen LogP) is 0.0638. The SMILES string of the molecule is [2H]CCCCCC(=O)OC[C@@H](O)[C@H](O)[C@@H](O)[C@H](O)C(O)C(=O)CCCCC[2H]. The highest BCUT2D eigenvalue weighted by Crippen LogP contribution is 2.13. The summed E-state index contributed by atoms with van der Waals surface area (Å²) in [6, 6.07) is 0. The monoisotopic (exact) mass is 380 g/mol. The van der Waals surface area contributed by atoms with Gasteiger partial charge in [0.25, 0.3) is 0 Å². The van der Waals surface area contributed by atoms with Gasteiger partial charge in [-0.1, -0.05) is 39.5 Å². The number of ketones is 1. The van der Waals surface area contributed by atoms with Crippen LogP contribution in [-0.2, 0) is 14.3 Å². The Labute approximate surface area is 157 Å². The lowest BCUT2D eigenvalue weighted by molar-refractivity contribution is -0.163. The second-order valence-electron chi connectivity index (χ2n) is 6.25. The maximum Gasteiger partial charge on any atom is 0.305 e. The average Bonchev–Trinajstić information content (AvgIpc) is 2.70. The molecule has 0 aliphatic rings. The molecular formula is C18H34O8. The molecule has 154 valence electrons. The van der Waals surface area contributed by atoms with Gasteiger partial charge in [0.1, 0.15) is 37.1 Å². The molecule has 0 aliphatic heterocycles. The summed E-state index contributed by atoms with van der Waals surface area (Å²) in [4.78, 5) is 23.3. The van der Waals surface area contributed by atoms with Gasteiger partial charge in [-0.15, -0.1) is 0 Å². The van der Waals surface area contributed by atoms with Crippen LogP contribution in [0.1, 0.15) is 67.9 Å². The fraction of sp³-hybridized carbons (Fsp3) is 0.889. The quantitative estimate of drug-likeness (QED) is 0.198. The van der Waals surface area contributed by atoms with E-state index in [-0.39, 0.29) is 26.6 Å². The maximum atomic E-state index is 11.8. The van der Waals surface area contributed by atoms with Crippen molar-refractivity contribution in [3.05, 3.63) is 0 Å². The van der Waals surface area contributed by atoms with Crippen molar-refractivity contribution in [2.24, 2.45) is 0 Å². The number of Topliss-reactive ketones (excluding diaryl/α,β-unsaturated/α-hetero) is 1. The Bertz CT molecular complexity index is 438. The molecule has 0 aliphatic carbocycles. The number of carbonyl (C=O) groups excluding carboxylic acids is 2. The molecule has 5 N–H and O–H groups in total. The molecule has 0 fully saturated rings. The van der Waals surface area contributed by atoms with Crippen molar-refractivity contribution >= 4 is 11.8 Å². The number of hydrogen-bond donors (Lipinski definition) is 5. The Morgan fingerprint density at radius 2 is 1.42 bits per heavy atom. The third kappa shape index (κ3) is 9.59. The second kappa shape index (κ2) is 14.1. The fourth-order valence-corrected chi connectivity index (χ4v) is 2.23. The molecule has 5 atom stereocenters. The molecule has 8 nitrogen and oxygen atoms in total. The molecular weight excluding hydrogens is 344 g/mol. The first-order valence-corrected chi connectivity index (χ1v) is 8.93. The summed E-state index contributed by atoms with van der Waals surface area (Å²) < 4.78 is 18.8. The van der Waals surface area contributed by atoms with Gasteiger partial charge in [-0.3, -0.25) is 9.59 Å². The lowest BCUT2D eigenvalue weighted by atomic mass is 9.95. The lowest BCUT2D eigenvalue weighted by Gasteiger charge is -2.28. The Morgan fingerprint density at radius 3 is 2.00 bits per heavy atom. The molecule has 0 saturated carbocycles. The third-order valence-corrected chi connectivity index (χ3v) is 3.97. The van der Waals surface area contributed by atoms with Crippen molar-refractivity contribution in [3.63, 3.8) is 0 Å². The highest BCUT2D eigenvalue weighted by Gasteiger charge is 2.37. The van der Waals surface area contributed by atoms with Crippen molar-refractivity contribution in [2.45, 2.75) is 95.7 Å². The smallest absolute Gasteiger partial charge is 0.305 e. The summed E-state index contributed by atoms with van der Waals surface area (Å²) in [7, 11) is 0. The van der Waals surface area contributed by atoms with Crippen molar-refractivity contribution < 1.29 is 42.6 Å². The molecule has 0 aromatic heterocycles. The van der Waals surface area contributed by atoms with E-state index >= 15 is 0 Å². The van der Waals surface area contributed by atoms with Crippen LogP contribution in [0.25, 0.3) is 0 Å². The largest absolute Gasteiger partial charge is 0.463 e. The number of hydrogen-bond acceptors (Lipinski definition) is 8. The highest BCUT2D eigenvalue weighted by molar-refractivity contribution is 5.83. The van der Waals surface area contributed by atoms with Crippen LogP contribution in [0.4, 0.5) is 0 Å². The van der Waals surface area contributed by atoms with Gasteiger partial charge in [0, 0.05) is 15.6 Å². The summed E-state index contributed by atoms with van der Waals surface area (Å²) in [5.74, 6) is -1.31. The van der Waals surface area contributed by atoms with Crippen LogP contribution in [-0.4, -0.2) is 74.4 Å². The summed E-state index contributed by atoms with van der Waals surface area (Å²) in [6.45, 7) is -0.100. The molecule has 0 bridgehead atoms. The van der Waals surface area contributed by atoms with Crippen LogP contribution in [0.15, 0.2) is 0 Å². The average molecular weight is 380 g/mol. The van der Waals surface area contributed by atoms with E-state index in [1.54, 1.807) is 0 Å². The van der Waals surface area contributed by atoms with E-state index in [0.717, 1.165) is 0 Å². The Morgan fingerprint density at radius 1 is 0.846 bits per heavy atom. The molecule has 1 unspecified atom stereocenters. The van der Waals surface area contributed by atoms with E-state index in [1.165, 1.54) is 0 Å². The first kappa shape index (κ1) is 21.2. The number of unbranched alkanes of at least 4 members (excludes halogenated alkanes) is 4. The summed E-state index contributed by atoms with van der Waals surface area (Å²) >= 11 is 0. The Hall–Kier alpha value is -1.06. The normalized spacial score (nSPS) is 18.2. The molecule has 26 heavy (non-hydrogen) atoms. The molecule has 0 aromatic rings. The zero-order valence-electron chi connectivity index (χ0n) is 17.1. The molecule has 0 spiro atoms. The van der Waals surface area contributed by atoms with Crippen LogP contribution in [0.3, 0.4) is 0 Å². The van der Waals surface area contributed by atoms with Gasteiger partial charge in [-0.25, -0.2) is 0 Å². The van der Waals surface area contributed by atoms with Gasteiger partial charge in [0.15, 0.2) is 5.78 Å². The second-order valence-corrected chi connectivity index (χ2v) is 6.25. The molecule has 0 aromatic carbocycles. The number of carbonyl (C=O) groups is 2. The van der Waals surface area contributed by atoms with Crippen molar-refractivity contribution in [2.75, 3.05) is 6.61 Å². The minimum absolute atomic E-state index is 0.0403. The van der Waals surface area contributed by atoms with E-state index in [2.05, 4.69) is 0 Å². The van der Waals surface area contributed by atoms with Crippen LogP contribution in [0.5, 0.6) is 0 Å². The number of esters is 1. The number of rotatable bonds is 15. The lowest BCUT2D eigenvalue weighted by Crippen LogP contribution is -2.52. The molecule has 0 amide bonds. The van der Waals surface area contributed by atoms with Crippen LogP contribution < -0.4 is 0 Å². The number of aliphatic hydroxyl groups is 5. The number of ether oxygens (including phenoxy) is 1. The summed E-state index contributed by atoms with van der Waals surface area (Å²) in [5, 5.41) is 49.3. The summed E-state index contributed by atoms with van der Waals surface area (Å²) in [6.07, 6.45) is -5.96. The van der Waals surface area contributed by atoms with Gasteiger partial charge >= 0.3 is 5.97 Å². The van der Waals surface area contributed by atoms with Crippen molar-refractivity contribution in [1.82, 2.24) is 0 Å². The van der Waals surface area contributed by atoms with E-state index < -0.39 is 48.9 Å². The van der Waals surface area contributed by atoms with Crippen LogP contribution in [0, 0.1) is 0 Å². The van der Waals surface area contributed by atoms with Gasteiger partial charge in [-0.05, 0) is 12.8 Å². The Balaban J connectivity index is 4.31. The molecule has 0 rings (SSSR count). The van der Waals surface area contributed by atoms with E-state index in [1.807, 2.05) is 0 Å². The molecule has 0 saturated heterocycles. The third-order valence-electron chi connectivity index (χ3n) is 3.97. The van der Waals surface area contributed by atoms with Gasteiger partial charge < -0.3 is 30.3 Å². The standard InChI is InChI=1S/C18H34O8/c1-3-5-7-9-12(19)15(22)17(24)18(25)16(23)13(20)11-26-14(21)10-8-6-4-2/h13,15-18,20,22-25H,3-11H2,1-2H3/t13-,15?,16+,17-,18-/m1/s1/i1D,2D. The minimum Gasteiger partial charge on any atom is -0.463 e. The summed E-state index contributed by atoms with van der Waals surface area (Å²) in [5.41, 5.74) is 0. The first-order valence-electron chi connectivity index (χ1n) is 10.3. The van der Waals surface area contributed by atoms with E-state index in [4.69, 9.17) is 7.48 Å². The molecule has 8 heteroatoms. The predicted molar refractivity (Wildman–Crippen MR) is 94.3 cm³/mol. The van der Waals surface area contributed by atoms with E-state index in [9.17, 15) is 35.1 Å². The Kier molecular flexibility index (Phi) is 11.5.